The number of carboxylic acid groups (broad SMARTS) is 1. The van der Waals surface area contributed by atoms with Gasteiger partial charge in [0.2, 0.25) is 0 Å². The van der Waals surface area contributed by atoms with Crippen LogP contribution in [0.2, 0.25) is 12.1 Å². The van der Waals surface area contributed by atoms with Crippen LogP contribution in [0.1, 0.15) is 13.8 Å². The lowest BCUT2D eigenvalue weighted by atomic mass is 10.1. The van der Waals surface area contributed by atoms with Crippen molar-refractivity contribution in [3.05, 3.63) is 0 Å². The molecule has 1 rings (SSSR count). The maximum Gasteiger partial charge on any atom is 0.505 e. The van der Waals surface area contributed by atoms with Crippen molar-refractivity contribution in [3.63, 3.8) is 0 Å². The van der Waals surface area contributed by atoms with E-state index in [2.05, 4.69) is 9.64 Å². The normalized spacial score (nSPS) is 16.7. The van der Waals surface area contributed by atoms with Crippen LogP contribution in [0, 0.1) is 11.8 Å². The van der Waals surface area contributed by atoms with E-state index in [0.717, 1.165) is 19.1 Å². The molecule has 2 unspecified atom stereocenters. The van der Waals surface area contributed by atoms with Crippen LogP contribution in [0.3, 0.4) is 0 Å². The molecule has 0 amide bonds. The first-order chi connectivity index (χ1) is 16.6. The molecule has 0 aromatic rings. The van der Waals surface area contributed by atoms with Crippen LogP contribution >= 0.6 is 0 Å². The van der Waals surface area contributed by atoms with Gasteiger partial charge in [0.15, 0.2) is 0 Å². The van der Waals surface area contributed by atoms with Crippen molar-refractivity contribution in [2.24, 2.45) is 11.8 Å². The summed E-state index contributed by atoms with van der Waals surface area (Å²) in [6.45, 7) is 6.28. The van der Waals surface area contributed by atoms with Gasteiger partial charge in [-0.2, -0.15) is 0 Å². The molecule has 36 heavy (non-hydrogen) atoms. The third-order valence-corrected chi connectivity index (χ3v) is 11.2. The Kier molecular flexibility index (Phi) is 18.9. The smallest absolute Gasteiger partial charge is 0.505 e. The minimum Gasteiger partial charge on any atom is -0.550 e. The first kappa shape index (κ1) is 37.2. The highest BCUT2D eigenvalue weighted by atomic mass is 28.4. The molecule has 0 N–H and O–H groups in total. The van der Waals surface area contributed by atoms with Crippen molar-refractivity contribution < 1.29 is 50.5 Å². The Morgan fingerprint density at radius 3 is 1.64 bits per heavy atom. The van der Waals surface area contributed by atoms with Crippen molar-refractivity contribution >= 4 is 29.5 Å². The lowest BCUT2D eigenvalue weighted by Crippen LogP contribution is -2.52. The third-order valence-electron chi connectivity index (χ3n) is 5.80. The van der Waals surface area contributed by atoms with Crippen LogP contribution < -0.4 is 5.11 Å². The maximum absolute atomic E-state index is 10.8. The SMILES string of the molecule is CC1COC1=O.CO[Si](CCN(C)C)(OC)OC.CO[Si](CC[N+](C)(C)CC(C)C(=O)[O-])(OC)OC. The van der Waals surface area contributed by atoms with Gasteiger partial charge in [-0.15, -0.1) is 0 Å². The zero-order valence-corrected chi connectivity index (χ0v) is 26.4. The molecule has 0 spiro atoms. The van der Waals surface area contributed by atoms with Crippen molar-refractivity contribution in [2.45, 2.75) is 25.9 Å². The largest absolute Gasteiger partial charge is 0.550 e. The summed E-state index contributed by atoms with van der Waals surface area (Å²) < 4.78 is 36.7. The fourth-order valence-corrected chi connectivity index (χ4v) is 6.96. The zero-order valence-electron chi connectivity index (χ0n) is 24.4. The molecule has 1 aliphatic rings. The van der Waals surface area contributed by atoms with E-state index in [0.29, 0.717) is 23.7 Å². The van der Waals surface area contributed by atoms with Gasteiger partial charge in [-0.1, -0.05) is 6.92 Å². The number of carbonyl (C=O) groups is 2. The Morgan fingerprint density at radius 2 is 1.39 bits per heavy atom. The summed E-state index contributed by atoms with van der Waals surface area (Å²) in [5.41, 5.74) is 0. The lowest BCUT2D eigenvalue weighted by Gasteiger charge is -2.35. The van der Waals surface area contributed by atoms with Gasteiger partial charge >= 0.3 is 23.6 Å². The van der Waals surface area contributed by atoms with Crippen LogP contribution in [-0.2, 0) is 40.9 Å². The van der Waals surface area contributed by atoms with E-state index in [9.17, 15) is 14.7 Å². The number of aliphatic carboxylic acids is 1. The predicted octanol–water partition coefficient (Wildman–Crippen LogP) is -0.0677. The number of rotatable bonds is 15. The van der Waals surface area contributed by atoms with Gasteiger partial charge in [0.1, 0.15) is 6.61 Å². The molecule has 1 aliphatic heterocycles. The van der Waals surface area contributed by atoms with E-state index in [1.165, 1.54) is 0 Å². The van der Waals surface area contributed by atoms with E-state index in [1.54, 1.807) is 49.6 Å². The number of hydrogen-bond donors (Lipinski definition) is 0. The molecule has 0 aromatic heterocycles. The highest BCUT2D eigenvalue weighted by molar-refractivity contribution is 6.61. The van der Waals surface area contributed by atoms with E-state index in [-0.39, 0.29) is 11.9 Å². The quantitative estimate of drug-likeness (QED) is 0.152. The Labute approximate surface area is 220 Å². The molecule has 1 fully saturated rings. The summed E-state index contributed by atoms with van der Waals surface area (Å²) in [7, 11) is 12.7. The molecular weight excluding hydrogens is 508 g/mol. The summed E-state index contributed by atoms with van der Waals surface area (Å²) in [4.78, 5) is 22.9. The Balaban J connectivity index is 0. The second-order valence-electron chi connectivity index (χ2n) is 9.49. The van der Waals surface area contributed by atoms with Crippen molar-refractivity contribution in [1.29, 1.82) is 0 Å². The number of cyclic esters (lactones) is 1. The molecule has 0 aromatic carbocycles. The average Bonchev–Trinajstić information content (AvgIpc) is 2.85. The number of esters is 1. The molecule has 0 radical (unpaired) electrons. The van der Waals surface area contributed by atoms with Crippen LogP contribution in [0.25, 0.3) is 0 Å². The van der Waals surface area contributed by atoms with Gasteiger partial charge in [0.05, 0.1) is 39.1 Å². The van der Waals surface area contributed by atoms with Crippen molar-refractivity contribution in [1.82, 2.24) is 4.90 Å². The topological polar surface area (TPSA) is 125 Å². The predicted molar refractivity (Wildman–Crippen MR) is 138 cm³/mol. The molecule has 0 aliphatic carbocycles. The summed E-state index contributed by atoms with van der Waals surface area (Å²) in [5.74, 6) is -1.39. The zero-order chi connectivity index (χ0) is 28.6. The monoisotopic (exact) mass is 558 g/mol. The molecule has 14 heteroatoms. The van der Waals surface area contributed by atoms with Gasteiger partial charge in [-0.3, -0.25) is 4.79 Å². The minimum absolute atomic E-state index is 0.0602. The number of quaternary nitrogens is 1. The number of carboxylic acids is 1. The van der Waals surface area contributed by atoms with Crippen molar-refractivity contribution in [3.8, 4) is 0 Å². The number of hydrogen-bond acceptors (Lipinski definition) is 11. The van der Waals surface area contributed by atoms with E-state index < -0.39 is 29.5 Å². The summed E-state index contributed by atoms with van der Waals surface area (Å²) >= 11 is 0. The minimum atomic E-state index is -2.58. The molecule has 0 bridgehead atoms. The fraction of sp³-hybridized carbons (Fsp3) is 0.909. The summed E-state index contributed by atoms with van der Waals surface area (Å²) in [6, 6.07) is 1.47. The van der Waals surface area contributed by atoms with E-state index in [4.69, 9.17) is 26.6 Å². The van der Waals surface area contributed by atoms with Crippen molar-refractivity contribution in [2.75, 3.05) is 97.1 Å². The maximum atomic E-state index is 10.8. The molecule has 12 nitrogen and oxygen atoms in total. The van der Waals surface area contributed by atoms with E-state index in [1.807, 2.05) is 35.1 Å². The first-order valence-corrected chi connectivity index (χ1v) is 15.6. The fourth-order valence-electron chi connectivity index (χ4n) is 3.14. The Hall–Kier alpha value is -0.946. The summed E-state index contributed by atoms with van der Waals surface area (Å²) in [5, 5.41) is 10.8. The van der Waals surface area contributed by atoms with Gasteiger partial charge in [0.25, 0.3) is 0 Å². The second-order valence-corrected chi connectivity index (χ2v) is 15.7. The molecule has 0 saturated carbocycles. The number of nitrogens with zero attached hydrogens (tertiary/aromatic N) is 2. The highest BCUT2D eigenvalue weighted by Crippen LogP contribution is 2.16. The van der Waals surface area contributed by atoms with E-state index >= 15 is 0 Å². The summed E-state index contributed by atoms with van der Waals surface area (Å²) in [6.07, 6.45) is 0. The van der Waals surface area contributed by atoms with Crippen LogP contribution in [-0.4, -0.2) is 136 Å². The standard InChI is InChI=1S/C11H25NO5Si.C7H19NO3Si.C4H6O2/c1-10(11(13)14)9-12(2,3)7-8-18(15-4,16-5)17-6;1-8(2)6-7-12(9-3,10-4)11-5;1-3-2-6-4(3)5/h10H,7-9H2,1-6H3;6-7H2,1-5H3;3H,2H2,1H3. The average molecular weight is 559 g/mol. The van der Waals surface area contributed by atoms with Gasteiger partial charge in [-0.25, -0.2) is 0 Å². The second kappa shape index (κ2) is 18.3. The molecule has 1 heterocycles. The number of ether oxygens (including phenoxy) is 1. The Morgan fingerprint density at radius 1 is 1.00 bits per heavy atom. The number of carbonyl (C=O) groups excluding carboxylic acids is 2. The molecule has 1 saturated heterocycles. The van der Waals surface area contributed by atoms with Gasteiger partial charge in [-0.05, 0) is 21.0 Å². The molecular formula is C22H50N2O10Si2. The molecule has 216 valence electrons. The Bertz CT molecular complexity index is 601. The first-order valence-electron chi connectivity index (χ1n) is 11.8. The molecule has 2 atom stereocenters. The van der Waals surface area contributed by atoms with Gasteiger partial charge in [0, 0.05) is 67.1 Å². The third kappa shape index (κ3) is 14.7. The highest BCUT2D eigenvalue weighted by Gasteiger charge is 2.40. The lowest BCUT2D eigenvalue weighted by molar-refractivity contribution is -0.891. The van der Waals surface area contributed by atoms with Gasteiger partial charge < -0.3 is 50.6 Å². The van der Waals surface area contributed by atoms with Crippen LogP contribution in [0.15, 0.2) is 0 Å². The van der Waals surface area contributed by atoms with Crippen LogP contribution in [0.5, 0.6) is 0 Å². The van der Waals surface area contributed by atoms with Crippen LogP contribution in [0.4, 0.5) is 0 Å².